The smallest absolute Gasteiger partial charge is 0.309 e. The highest BCUT2D eigenvalue weighted by molar-refractivity contribution is 6.09. The van der Waals surface area contributed by atoms with Crippen LogP contribution in [0.2, 0.25) is 0 Å². The average molecular weight is 293 g/mol. The molecule has 0 atom stereocenters. The monoisotopic (exact) mass is 293 g/mol. The van der Waals surface area contributed by atoms with E-state index in [1.807, 2.05) is 36.4 Å². The van der Waals surface area contributed by atoms with E-state index in [0.29, 0.717) is 17.0 Å². The predicted molar refractivity (Wildman–Crippen MR) is 84.1 cm³/mol. The Hall–Kier alpha value is -2.88. The summed E-state index contributed by atoms with van der Waals surface area (Å²) in [7, 11) is 1.71. The zero-order valence-electron chi connectivity index (χ0n) is 12.1. The van der Waals surface area contributed by atoms with Crippen LogP contribution in [0.4, 0.5) is 0 Å². The van der Waals surface area contributed by atoms with E-state index in [0.717, 1.165) is 10.8 Å². The van der Waals surface area contributed by atoms with E-state index in [2.05, 4.69) is 0 Å². The fourth-order valence-corrected chi connectivity index (χ4v) is 2.59. The summed E-state index contributed by atoms with van der Waals surface area (Å²) in [5.41, 5.74) is 1.70. The maximum atomic E-state index is 12.6. The van der Waals surface area contributed by atoms with Crippen LogP contribution < -0.4 is 0 Å². The Balaban J connectivity index is 1.99. The summed E-state index contributed by atoms with van der Waals surface area (Å²) in [6, 6.07) is 16.8. The lowest BCUT2D eigenvalue weighted by atomic mass is 10.0. The van der Waals surface area contributed by atoms with Crippen LogP contribution in [-0.4, -0.2) is 21.4 Å². The summed E-state index contributed by atoms with van der Waals surface area (Å²) in [4.78, 5) is 23.5. The number of carboxylic acid groups (broad SMARTS) is 1. The van der Waals surface area contributed by atoms with Gasteiger partial charge >= 0.3 is 5.97 Å². The third-order valence-corrected chi connectivity index (χ3v) is 3.80. The van der Waals surface area contributed by atoms with Crippen molar-refractivity contribution in [3.8, 4) is 0 Å². The molecule has 1 aromatic heterocycles. The Kier molecular flexibility index (Phi) is 3.51. The van der Waals surface area contributed by atoms with Crippen LogP contribution in [0.15, 0.2) is 54.6 Å². The van der Waals surface area contributed by atoms with E-state index in [9.17, 15) is 9.59 Å². The Morgan fingerprint density at radius 1 is 1.00 bits per heavy atom. The number of hydrogen-bond donors (Lipinski definition) is 1. The van der Waals surface area contributed by atoms with Gasteiger partial charge in [-0.1, -0.05) is 36.4 Å². The number of carbonyl (C=O) groups is 2. The summed E-state index contributed by atoms with van der Waals surface area (Å²) in [5, 5.41) is 11.0. The van der Waals surface area contributed by atoms with Crippen molar-refractivity contribution in [3.63, 3.8) is 0 Å². The molecule has 0 fully saturated rings. The maximum absolute atomic E-state index is 12.6. The molecule has 0 unspecified atom stereocenters. The van der Waals surface area contributed by atoms with E-state index in [4.69, 9.17) is 5.11 Å². The second-order valence-corrected chi connectivity index (χ2v) is 5.23. The van der Waals surface area contributed by atoms with Crippen molar-refractivity contribution >= 4 is 22.5 Å². The van der Waals surface area contributed by atoms with Crippen molar-refractivity contribution in [1.29, 1.82) is 0 Å². The first kappa shape index (κ1) is 14.1. The van der Waals surface area contributed by atoms with Gasteiger partial charge in [-0.2, -0.15) is 0 Å². The minimum atomic E-state index is -0.911. The standard InChI is InChI=1S/C18H15NO3/c1-19-15(11-17(20)21)8-9-16(19)18(22)14-7-6-12-4-2-3-5-13(12)10-14/h2-10H,11H2,1H3,(H,20,21). The fourth-order valence-electron chi connectivity index (χ4n) is 2.59. The van der Waals surface area contributed by atoms with Crippen LogP contribution in [0.1, 0.15) is 21.7 Å². The number of aliphatic carboxylic acids is 1. The molecule has 3 rings (SSSR count). The lowest BCUT2D eigenvalue weighted by molar-refractivity contribution is -0.136. The molecule has 0 bridgehead atoms. The number of rotatable bonds is 4. The predicted octanol–water partition coefficient (Wildman–Crippen LogP) is 3.04. The number of hydrogen-bond acceptors (Lipinski definition) is 2. The summed E-state index contributed by atoms with van der Waals surface area (Å²) < 4.78 is 1.64. The highest BCUT2D eigenvalue weighted by Crippen LogP contribution is 2.19. The van der Waals surface area contributed by atoms with Gasteiger partial charge in [-0.25, -0.2) is 0 Å². The molecular weight excluding hydrogens is 278 g/mol. The number of aromatic nitrogens is 1. The number of fused-ring (bicyclic) bond motifs is 1. The number of carbonyl (C=O) groups excluding carboxylic acids is 1. The van der Waals surface area contributed by atoms with Gasteiger partial charge in [-0.3, -0.25) is 9.59 Å². The molecule has 0 saturated heterocycles. The molecule has 4 heteroatoms. The molecule has 0 aliphatic heterocycles. The molecule has 0 spiro atoms. The van der Waals surface area contributed by atoms with Crippen molar-refractivity contribution in [1.82, 2.24) is 4.57 Å². The van der Waals surface area contributed by atoms with Gasteiger partial charge < -0.3 is 9.67 Å². The van der Waals surface area contributed by atoms with Crippen LogP contribution >= 0.6 is 0 Å². The molecule has 0 radical (unpaired) electrons. The molecule has 0 amide bonds. The summed E-state index contributed by atoms with van der Waals surface area (Å²) in [6.45, 7) is 0. The van der Waals surface area contributed by atoms with Gasteiger partial charge in [-0.05, 0) is 29.0 Å². The molecule has 4 nitrogen and oxygen atoms in total. The maximum Gasteiger partial charge on any atom is 0.309 e. The molecule has 110 valence electrons. The second kappa shape index (κ2) is 5.48. The van der Waals surface area contributed by atoms with E-state index in [1.54, 1.807) is 29.8 Å². The highest BCUT2D eigenvalue weighted by Gasteiger charge is 2.16. The van der Waals surface area contributed by atoms with Gasteiger partial charge in [0.1, 0.15) is 0 Å². The van der Waals surface area contributed by atoms with Gasteiger partial charge in [0.05, 0.1) is 12.1 Å². The minimum Gasteiger partial charge on any atom is -0.481 e. The Morgan fingerprint density at radius 3 is 2.45 bits per heavy atom. The molecule has 3 aromatic rings. The first-order valence-corrected chi connectivity index (χ1v) is 6.96. The normalized spacial score (nSPS) is 10.8. The summed E-state index contributed by atoms with van der Waals surface area (Å²) in [5.74, 6) is -1.02. The molecule has 1 N–H and O–H groups in total. The lowest BCUT2D eigenvalue weighted by Gasteiger charge is -2.07. The van der Waals surface area contributed by atoms with Gasteiger partial charge in [0.2, 0.25) is 5.78 Å². The van der Waals surface area contributed by atoms with Crippen LogP contribution in [-0.2, 0) is 18.3 Å². The van der Waals surface area contributed by atoms with Crippen molar-refractivity contribution in [2.75, 3.05) is 0 Å². The Bertz CT molecular complexity index is 877. The van der Waals surface area contributed by atoms with Crippen LogP contribution in [0, 0.1) is 0 Å². The second-order valence-electron chi connectivity index (χ2n) is 5.23. The Labute approximate surface area is 127 Å². The third kappa shape index (κ3) is 2.51. The van der Waals surface area contributed by atoms with Crippen molar-refractivity contribution < 1.29 is 14.7 Å². The lowest BCUT2D eigenvalue weighted by Crippen LogP contribution is -2.11. The minimum absolute atomic E-state index is 0.0957. The SMILES string of the molecule is Cn1c(CC(=O)O)ccc1C(=O)c1ccc2ccccc2c1. The fraction of sp³-hybridized carbons (Fsp3) is 0.111. The first-order valence-electron chi connectivity index (χ1n) is 6.96. The van der Waals surface area contributed by atoms with E-state index < -0.39 is 5.97 Å². The first-order chi connectivity index (χ1) is 10.6. The van der Waals surface area contributed by atoms with Crippen LogP contribution in [0.3, 0.4) is 0 Å². The summed E-state index contributed by atoms with van der Waals surface area (Å²) in [6.07, 6.45) is -0.0957. The van der Waals surface area contributed by atoms with E-state index >= 15 is 0 Å². The number of nitrogens with zero attached hydrogens (tertiary/aromatic N) is 1. The zero-order valence-corrected chi connectivity index (χ0v) is 12.1. The molecule has 0 aliphatic carbocycles. The van der Waals surface area contributed by atoms with Gasteiger partial charge in [-0.15, -0.1) is 0 Å². The van der Waals surface area contributed by atoms with Gasteiger partial charge in [0, 0.05) is 18.3 Å². The molecule has 1 heterocycles. The van der Waals surface area contributed by atoms with Crippen LogP contribution in [0.25, 0.3) is 10.8 Å². The quantitative estimate of drug-likeness (QED) is 0.752. The number of benzene rings is 2. The van der Waals surface area contributed by atoms with Crippen molar-refractivity contribution in [2.45, 2.75) is 6.42 Å². The van der Waals surface area contributed by atoms with Gasteiger partial charge in [0.25, 0.3) is 0 Å². The van der Waals surface area contributed by atoms with Crippen molar-refractivity contribution in [2.24, 2.45) is 7.05 Å². The molecular formula is C18H15NO3. The Morgan fingerprint density at radius 2 is 1.73 bits per heavy atom. The zero-order chi connectivity index (χ0) is 15.7. The molecule has 2 aromatic carbocycles. The van der Waals surface area contributed by atoms with Crippen LogP contribution in [0.5, 0.6) is 0 Å². The summed E-state index contributed by atoms with van der Waals surface area (Å²) >= 11 is 0. The third-order valence-electron chi connectivity index (χ3n) is 3.80. The average Bonchev–Trinajstić information content (AvgIpc) is 2.86. The largest absolute Gasteiger partial charge is 0.481 e. The van der Waals surface area contributed by atoms with Crippen molar-refractivity contribution in [3.05, 3.63) is 71.5 Å². The molecule has 0 saturated carbocycles. The van der Waals surface area contributed by atoms with E-state index in [-0.39, 0.29) is 12.2 Å². The number of carboxylic acids is 1. The van der Waals surface area contributed by atoms with E-state index in [1.165, 1.54) is 0 Å². The highest BCUT2D eigenvalue weighted by atomic mass is 16.4. The molecule has 0 aliphatic rings. The number of ketones is 1. The van der Waals surface area contributed by atoms with Gasteiger partial charge in [0.15, 0.2) is 0 Å². The molecule has 22 heavy (non-hydrogen) atoms. The topological polar surface area (TPSA) is 59.3 Å².